The third-order valence-corrected chi connectivity index (χ3v) is 4.01. The Morgan fingerprint density at radius 1 is 0.833 bits per heavy atom. The second-order valence-corrected chi connectivity index (χ2v) is 7.03. The lowest BCUT2D eigenvalue weighted by molar-refractivity contribution is 0.0693. The summed E-state index contributed by atoms with van der Waals surface area (Å²) in [5, 5.41) is 0. The quantitative estimate of drug-likeness (QED) is 0.226. The Morgan fingerprint density at radius 3 is 1.87 bits per heavy atom. The molecule has 0 aromatic rings. The number of methoxy groups -OCH3 is 1. The van der Waals surface area contributed by atoms with Gasteiger partial charge in [-0.2, -0.15) is 4.39 Å². The van der Waals surface area contributed by atoms with Crippen LogP contribution in [0.15, 0.2) is 109 Å². The first-order valence-corrected chi connectivity index (χ1v) is 9.24. The molecule has 0 aliphatic heterocycles. The maximum Gasteiger partial charge on any atom is 0.200 e. The van der Waals surface area contributed by atoms with Crippen molar-refractivity contribution in [2.24, 2.45) is 5.92 Å². The van der Waals surface area contributed by atoms with Crippen molar-refractivity contribution in [2.75, 3.05) is 13.7 Å². The molecule has 0 amide bonds. The Labute approximate surface area is 178 Å². The van der Waals surface area contributed by atoms with Crippen molar-refractivity contribution in [2.45, 2.75) is 26.9 Å². The number of allylic oxidation sites excluding steroid dienone is 9. The van der Waals surface area contributed by atoms with Crippen LogP contribution in [0.25, 0.3) is 0 Å². The van der Waals surface area contributed by atoms with Crippen molar-refractivity contribution in [1.29, 1.82) is 0 Å². The van der Waals surface area contributed by atoms with Crippen LogP contribution >= 0.6 is 0 Å². The van der Waals surface area contributed by atoms with Crippen LogP contribution in [0.2, 0.25) is 0 Å². The van der Waals surface area contributed by atoms with Gasteiger partial charge in [-0.3, -0.25) is 0 Å². The van der Waals surface area contributed by atoms with Crippen LogP contribution in [0.4, 0.5) is 13.2 Å². The van der Waals surface area contributed by atoms with E-state index >= 15 is 0 Å². The normalized spacial score (nSPS) is 13.7. The van der Waals surface area contributed by atoms with Gasteiger partial charge in [0.25, 0.3) is 0 Å². The van der Waals surface area contributed by atoms with Gasteiger partial charge in [-0.05, 0) is 35.6 Å². The van der Waals surface area contributed by atoms with E-state index in [2.05, 4.69) is 44.2 Å². The van der Waals surface area contributed by atoms with Crippen molar-refractivity contribution in [3.05, 3.63) is 109 Å². The highest BCUT2D eigenvalue weighted by atomic mass is 19.2. The summed E-state index contributed by atoms with van der Waals surface area (Å²) in [7, 11) is 1.17. The van der Waals surface area contributed by atoms with Crippen molar-refractivity contribution in [3.8, 4) is 0 Å². The van der Waals surface area contributed by atoms with E-state index in [4.69, 9.17) is 4.74 Å². The van der Waals surface area contributed by atoms with Crippen LogP contribution in [-0.4, -0.2) is 19.8 Å². The number of hydrogen-bond donors (Lipinski definition) is 0. The van der Waals surface area contributed by atoms with Crippen molar-refractivity contribution in [1.82, 2.24) is 0 Å². The highest BCUT2D eigenvalue weighted by Crippen LogP contribution is 2.27. The molecule has 5 heteroatoms. The molecular formula is C25H31F3O2. The predicted octanol–water partition coefficient (Wildman–Crippen LogP) is 7.55. The number of ether oxygens (including phenoxy) is 2. The Morgan fingerprint density at radius 2 is 1.37 bits per heavy atom. The second kappa shape index (κ2) is 12.7. The van der Waals surface area contributed by atoms with Gasteiger partial charge in [0.2, 0.25) is 5.83 Å². The second-order valence-electron chi connectivity index (χ2n) is 7.03. The lowest BCUT2D eigenvalue weighted by atomic mass is 10.0. The molecule has 0 rings (SSSR count). The summed E-state index contributed by atoms with van der Waals surface area (Å²) in [5.41, 5.74) is 0.604. The Bertz CT molecular complexity index is 823. The average molecular weight is 421 g/mol. The summed E-state index contributed by atoms with van der Waals surface area (Å²) in [4.78, 5) is 0. The average Bonchev–Trinajstić information content (AvgIpc) is 2.72. The Hall–Kier alpha value is -2.79. The van der Waals surface area contributed by atoms with Gasteiger partial charge in [0.1, 0.15) is 11.6 Å². The van der Waals surface area contributed by atoms with Gasteiger partial charge in [-0.1, -0.05) is 65.5 Å². The summed E-state index contributed by atoms with van der Waals surface area (Å²) >= 11 is 0. The highest BCUT2D eigenvalue weighted by molar-refractivity contribution is 5.52. The molecule has 0 aromatic carbocycles. The number of hydrogen-bond acceptors (Lipinski definition) is 2. The molecule has 0 spiro atoms. The first-order chi connectivity index (χ1) is 13.8. The van der Waals surface area contributed by atoms with Gasteiger partial charge >= 0.3 is 0 Å². The number of rotatable bonds is 13. The molecule has 0 fully saturated rings. The summed E-state index contributed by atoms with van der Waals surface area (Å²) in [6.45, 7) is 27.8. The summed E-state index contributed by atoms with van der Waals surface area (Å²) in [6, 6.07) is 0. The van der Waals surface area contributed by atoms with Gasteiger partial charge in [0.15, 0.2) is 5.83 Å². The zero-order valence-corrected chi connectivity index (χ0v) is 18.3. The van der Waals surface area contributed by atoms with E-state index in [1.165, 1.54) is 25.3 Å². The first kappa shape index (κ1) is 27.2. The first-order valence-electron chi connectivity index (χ1n) is 9.24. The van der Waals surface area contributed by atoms with Crippen LogP contribution in [0.1, 0.15) is 20.8 Å². The molecule has 0 saturated carbocycles. The Kier molecular flexibility index (Phi) is 11.5. The van der Waals surface area contributed by atoms with Gasteiger partial charge < -0.3 is 9.47 Å². The van der Waals surface area contributed by atoms with E-state index in [-0.39, 0.29) is 22.3 Å². The predicted molar refractivity (Wildman–Crippen MR) is 120 cm³/mol. The largest absolute Gasteiger partial charge is 0.494 e. The molecule has 0 bridgehead atoms. The molecule has 0 aliphatic rings. The van der Waals surface area contributed by atoms with Gasteiger partial charge in [0.05, 0.1) is 13.2 Å². The molecule has 30 heavy (non-hydrogen) atoms. The fourth-order valence-corrected chi connectivity index (χ4v) is 1.86. The van der Waals surface area contributed by atoms with Crippen molar-refractivity contribution in [3.63, 3.8) is 0 Å². The van der Waals surface area contributed by atoms with E-state index in [9.17, 15) is 13.2 Å². The summed E-state index contributed by atoms with van der Waals surface area (Å²) < 4.78 is 52.3. The standard InChI is InChI=1S/C25H31F3O2/c1-15(2)14-30-21(8)20(7)23(26)13-18(5)16(3)11-12-17(4)19(6)24(27)25(28)22(9)29-10/h11-13,15,21H,3-7,9,14H2,1-2,8,10H3/b12-11-,23-13+,25-24-. The summed E-state index contributed by atoms with van der Waals surface area (Å²) in [6.07, 6.45) is 3.50. The van der Waals surface area contributed by atoms with Crippen LogP contribution in [0, 0.1) is 5.92 Å². The molecular weight excluding hydrogens is 389 g/mol. The minimum Gasteiger partial charge on any atom is -0.494 e. The maximum absolute atomic E-state index is 14.4. The van der Waals surface area contributed by atoms with Crippen LogP contribution in [0.5, 0.6) is 0 Å². The summed E-state index contributed by atoms with van der Waals surface area (Å²) in [5.74, 6) is -3.23. The van der Waals surface area contributed by atoms with E-state index in [1.807, 2.05) is 13.8 Å². The van der Waals surface area contributed by atoms with Gasteiger partial charge in [-0.15, -0.1) is 0 Å². The minimum absolute atomic E-state index is 0.0880. The van der Waals surface area contributed by atoms with Gasteiger partial charge in [-0.25, -0.2) is 8.78 Å². The van der Waals surface area contributed by atoms with E-state index < -0.39 is 29.3 Å². The molecule has 0 aliphatic carbocycles. The molecule has 0 saturated heterocycles. The molecule has 1 unspecified atom stereocenters. The maximum atomic E-state index is 14.4. The number of halogens is 3. The lowest BCUT2D eigenvalue weighted by Gasteiger charge is -2.16. The van der Waals surface area contributed by atoms with E-state index in [0.717, 1.165) is 0 Å². The fourth-order valence-electron chi connectivity index (χ4n) is 1.86. The third kappa shape index (κ3) is 8.70. The van der Waals surface area contributed by atoms with Crippen LogP contribution < -0.4 is 0 Å². The molecule has 1 atom stereocenters. The van der Waals surface area contributed by atoms with Crippen molar-refractivity contribution < 1.29 is 22.6 Å². The van der Waals surface area contributed by atoms with E-state index in [0.29, 0.717) is 18.1 Å². The Balaban J connectivity index is 5.14. The van der Waals surface area contributed by atoms with Crippen LogP contribution in [0.3, 0.4) is 0 Å². The van der Waals surface area contributed by atoms with E-state index in [1.54, 1.807) is 6.92 Å². The molecule has 0 radical (unpaired) electrons. The molecule has 0 heterocycles. The monoisotopic (exact) mass is 420 g/mol. The molecule has 0 aromatic heterocycles. The zero-order valence-electron chi connectivity index (χ0n) is 18.3. The molecule has 2 nitrogen and oxygen atoms in total. The van der Waals surface area contributed by atoms with Crippen molar-refractivity contribution >= 4 is 0 Å². The highest BCUT2D eigenvalue weighted by Gasteiger charge is 2.15. The minimum atomic E-state index is -1.27. The molecule has 164 valence electrons. The SMILES string of the molecule is C=C(/C=C\C(=C)C(=C)/C(F)=C(/F)C(=C)OC)C(=C)/C=C(/F)C(=C)C(C)OCC(C)C. The smallest absolute Gasteiger partial charge is 0.200 e. The molecule has 0 N–H and O–H groups in total. The fraction of sp³-hybridized carbons (Fsp3) is 0.280. The third-order valence-electron chi connectivity index (χ3n) is 4.01. The zero-order chi connectivity index (χ0) is 23.6. The topological polar surface area (TPSA) is 18.5 Å². The van der Waals surface area contributed by atoms with Crippen LogP contribution in [-0.2, 0) is 9.47 Å². The lowest BCUT2D eigenvalue weighted by Crippen LogP contribution is -2.15. The van der Waals surface area contributed by atoms with Gasteiger partial charge in [0, 0.05) is 17.8 Å².